The van der Waals surface area contributed by atoms with Crippen molar-refractivity contribution in [3.05, 3.63) is 28.2 Å². The molecule has 3 rings (SSSR count). The molecule has 1 aromatic rings. The normalized spacial score (nSPS) is 26.7. The Morgan fingerprint density at radius 3 is 2.48 bits per heavy atom. The summed E-state index contributed by atoms with van der Waals surface area (Å²) in [5.74, 6) is -3.21. The number of carbonyl (C=O) groups is 3. The summed E-state index contributed by atoms with van der Waals surface area (Å²) < 4.78 is 5.09. The first-order chi connectivity index (χ1) is 11.8. The highest BCUT2D eigenvalue weighted by atomic mass is 32.1. The Balaban J connectivity index is 1.87. The lowest BCUT2D eigenvalue weighted by Crippen LogP contribution is -2.36. The second-order valence-corrected chi connectivity index (χ2v) is 7.76. The highest BCUT2D eigenvalue weighted by molar-refractivity contribution is 7.16. The van der Waals surface area contributed by atoms with Crippen molar-refractivity contribution in [3.8, 4) is 0 Å². The van der Waals surface area contributed by atoms with Crippen LogP contribution in [0.3, 0.4) is 0 Å². The van der Waals surface area contributed by atoms with Crippen LogP contribution in [0.25, 0.3) is 0 Å². The first-order valence-corrected chi connectivity index (χ1v) is 9.15. The number of ether oxygens (including phenoxy) is 1. The van der Waals surface area contributed by atoms with Crippen molar-refractivity contribution in [1.29, 1.82) is 0 Å². The molecule has 2 bridgehead atoms. The summed E-state index contributed by atoms with van der Waals surface area (Å²) in [6.45, 7) is 5.66. The van der Waals surface area contributed by atoms with Gasteiger partial charge in [0.15, 0.2) is 0 Å². The number of allylic oxidation sites excluding steroid dienone is 2. The lowest BCUT2D eigenvalue weighted by atomic mass is 9.82. The second-order valence-electron chi connectivity index (χ2n) is 6.54. The number of carbonyl (C=O) groups excluding carboxylic acids is 2. The van der Waals surface area contributed by atoms with Gasteiger partial charge < -0.3 is 15.2 Å². The molecule has 1 heterocycles. The van der Waals surface area contributed by atoms with Crippen LogP contribution in [0, 0.1) is 37.5 Å². The minimum atomic E-state index is -0.943. The fraction of sp³-hybridized carbons (Fsp3) is 0.500. The molecular formula is C18H21NO5S. The number of nitrogens with one attached hydrogen (secondary N) is 1. The van der Waals surface area contributed by atoms with E-state index in [4.69, 9.17) is 4.74 Å². The van der Waals surface area contributed by atoms with Crippen LogP contribution in [0.1, 0.15) is 34.1 Å². The molecule has 0 aliphatic heterocycles. The topological polar surface area (TPSA) is 92.7 Å². The van der Waals surface area contributed by atoms with Crippen LogP contribution in [0.4, 0.5) is 5.00 Å². The zero-order valence-corrected chi connectivity index (χ0v) is 15.2. The molecule has 2 aliphatic carbocycles. The van der Waals surface area contributed by atoms with E-state index in [-0.39, 0.29) is 24.3 Å². The van der Waals surface area contributed by atoms with Crippen LogP contribution in [-0.2, 0) is 14.3 Å². The van der Waals surface area contributed by atoms with Gasteiger partial charge in [-0.25, -0.2) is 4.79 Å². The molecule has 2 aliphatic rings. The molecule has 0 radical (unpaired) electrons. The molecule has 0 aromatic carbocycles. The lowest BCUT2D eigenvalue weighted by molar-refractivity contribution is -0.146. The van der Waals surface area contributed by atoms with Gasteiger partial charge in [0.05, 0.1) is 24.0 Å². The number of aliphatic carboxylic acids is 1. The second kappa shape index (κ2) is 6.63. The first-order valence-electron chi connectivity index (χ1n) is 8.34. The van der Waals surface area contributed by atoms with Crippen molar-refractivity contribution in [2.45, 2.75) is 27.2 Å². The minimum absolute atomic E-state index is 0.0562. The molecule has 134 valence electrons. The summed E-state index contributed by atoms with van der Waals surface area (Å²) in [5, 5.41) is 12.7. The number of amides is 1. The van der Waals surface area contributed by atoms with Gasteiger partial charge in [-0.3, -0.25) is 9.59 Å². The van der Waals surface area contributed by atoms with Crippen molar-refractivity contribution >= 4 is 34.2 Å². The predicted molar refractivity (Wildman–Crippen MR) is 93.7 cm³/mol. The SMILES string of the molecule is CCOC(=O)c1c(NC(=O)[C@H]2[C@H](C(=O)O)[C@H]3C=C[C@H]2C3)sc(C)c1C. The molecule has 0 saturated heterocycles. The molecule has 1 saturated carbocycles. The molecule has 25 heavy (non-hydrogen) atoms. The van der Waals surface area contributed by atoms with Crippen molar-refractivity contribution in [3.63, 3.8) is 0 Å². The third-order valence-electron chi connectivity index (χ3n) is 5.15. The Morgan fingerprint density at radius 2 is 1.88 bits per heavy atom. The third-order valence-corrected chi connectivity index (χ3v) is 6.27. The van der Waals surface area contributed by atoms with E-state index in [1.165, 1.54) is 11.3 Å². The molecule has 4 atom stereocenters. The summed E-state index contributed by atoms with van der Waals surface area (Å²) in [7, 11) is 0. The number of carboxylic acid groups (broad SMARTS) is 1. The predicted octanol–water partition coefficient (Wildman–Crippen LogP) is 3.00. The van der Waals surface area contributed by atoms with E-state index in [1.807, 2.05) is 26.0 Å². The van der Waals surface area contributed by atoms with Crippen LogP contribution < -0.4 is 5.32 Å². The lowest BCUT2D eigenvalue weighted by Gasteiger charge is -2.23. The van der Waals surface area contributed by atoms with Gasteiger partial charge in [-0.1, -0.05) is 12.2 Å². The largest absolute Gasteiger partial charge is 0.481 e. The van der Waals surface area contributed by atoms with Gasteiger partial charge in [-0.2, -0.15) is 0 Å². The van der Waals surface area contributed by atoms with E-state index in [0.717, 1.165) is 10.4 Å². The van der Waals surface area contributed by atoms with E-state index >= 15 is 0 Å². The Labute approximate surface area is 149 Å². The number of aryl methyl sites for hydroxylation is 1. The number of thiophene rings is 1. The Morgan fingerprint density at radius 1 is 1.24 bits per heavy atom. The molecule has 1 amide bonds. The molecular weight excluding hydrogens is 342 g/mol. The molecule has 0 spiro atoms. The van der Waals surface area contributed by atoms with Gasteiger partial charge in [-0.05, 0) is 44.6 Å². The summed E-state index contributed by atoms with van der Waals surface area (Å²) >= 11 is 1.31. The van der Waals surface area contributed by atoms with Gasteiger partial charge in [-0.15, -0.1) is 11.3 Å². The summed E-state index contributed by atoms with van der Waals surface area (Å²) in [6.07, 6.45) is 4.53. The van der Waals surface area contributed by atoms with Crippen molar-refractivity contribution in [2.75, 3.05) is 11.9 Å². The minimum Gasteiger partial charge on any atom is -0.481 e. The summed E-state index contributed by atoms with van der Waals surface area (Å²) in [5.41, 5.74) is 1.14. The zero-order chi connectivity index (χ0) is 18.3. The van der Waals surface area contributed by atoms with Crippen molar-refractivity contribution in [2.24, 2.45) is 23.7 Å². The highest BCUT2D eigenvalue weighted by Crippen LogP contribution is 2.48. The van der Waals surface area contributed by atoms with Crippen LogP contribution >= 0.6 is 11.3 Å². The van der Waals surface area contributed by atoms with E-state index in [0.29, 0.717) is 17.0 Å². The molecule has 1 fully saturated rings. The van der Waals surface area contributed by atoms with E-state index in [2.05, 4.69) is 5.32 Å². The smallest absolute Gasteiger partial charge is 0.341 e. The zero-order valence-electron chi connectivity index (χ0n) is 14.4. The van der Waals surface area contributed by atoms with E-state index in [9.17, 15) is 19.5 Å². The quantitative estimate of drug-likeness (QED) is 0.620. The van der Waals surface area contributed by atoms with E-state index < -0.39 is 23.8 Å². The fourth-order valence-electron chi connectivity index (χ4n) is 3.88. The maximum Gasteiger partial charge on any atom is 0.341 e. The number of esters is 1. The van der Waals surface area contributed by atoms with Crippen LogP contribution in [0.2, 0.25) is 0 Å². The highest BCUT2D eigenvalue weighted by Gasteiger charge is 2.51. The first kappa shape index (κ1) is 17.7. The number of anilines is 1. The maximum atomic E-state index is 12.8. The Kier molecular flexibility index (Phi) is 4.69. The molecule has 6 nitrogen and oxygen atoms in total. The maximum absolute atomic E-state index is 12.8. The van der Waals surface area contributed by atoms with Crippen molar-refractivity contribution < 1.29 is 24.2 Å². The molecule has 7 heteroatoms. The van der Waals surface area contributed by atoms with E-state index in [1.54, 1.807) is 6.92 Å². The number of rotatable bonds is 5. The number of hydrogen-bond acceptors (Lipinski definition) is 5. The molecule has 0 unspecified atom stereocenters. The third kappa shape index (κ3) is 2.97. The molecule has 1 aromatic heterocycles. The summed E-state index contributed by atoms with van der Waals surface area (Å²) in [4.78, 5) is 37.6. The van der Waals surface area contributed by atoms with Crippen LogP contribution in [0.15, 0.2) is 12.2 Å². The average molecular weight is 363 g/mol. The number of carboxylic acids is 1. The molecule has 2 N–H and O–H groups in total. The van der Waals surface area contributed by atoms with Crippen LogP contribution in [-0.4, -0.2) is 29.6 Å². The van der Waals surface area contributed by atoms with Gasteiger partial charge in [0, 0.05) is 4.88 Å². The fourth-order valence-corrected chi connectivity index (χ4v) is 4.93. The Bertz CT molecular complexity index is 766. The standard InChI is InChI=1S/C18H21NO5S/c1-4-24-18(23)12-8(2)9(3)25-16(12)19-15(20)13-10-5-6-11(7-10)14(13)17(21)22/h5-6,10-11,13-14H,4,7H2,1-3H3,(H,19,20)(H,21,22)/t10-,11-,13+,14+/m0/s1. The monoisotopic (exact) mass is 363 g/mol. The van der Waals surface area contributed by atoms with Gasteiger partial charge in [0.25, 0.3) is 0 Å². The van der Waals surface area contributed by atoms with Gasteiger partial charge in [0.2, 0.25) is 5.91 Å². The van der Waals surface area contributed by atoms with Gasteiger partial charge in [0.1, 0.15) is 5.00 Å². The van der Waals surface area contributed by atoms with Crippen LogP contribution in [0.5, 0.6) is 0 Å². The van der Waals surface area contributed by atoms with Crippen molar-refractivity contribution in [1.82, 2.24) is 0 Å². The summed E-state index contributed by atoms with van der Waals surface area (Å²) in [6, 6.07) is 0. The average Bonchev–Trinajstić information content (AvgIpc) is 3.21. The Hall–Kier alpha value is -2.15. The number of hydrogen-bond donors (Lipinski definition) is 2. The van der Waals surface area contributed by atoms with Gasteiger partial charge >= 0.3 is 11.9 Å². The number of fused-ring (bicyclic) bond motifs is 2.